The van der Waals surface area contributed by atoms with Crippen LogP contribution in [0.25, 0.3) is 0 Å². The second kappa shape index (κ2) is 7.09. The van der Waals surface area contributed by atoms with Gasteiger partial charge in [0.15, 0.2) is 5.82 Å². The number of hydrogen-bond acceptors (Lipinski definition) is 6. The maximum Gasteiger partial charge on any atom is 0.270 e. The van der Waals surface area contributed by atoms with Gasteiger partial charge in [-0.15, -0.1) is 0 Å². The van der Waals surface area contributed by atoms with Gasteiger partial charge in [-0.25, -0.2) is 4.98 Å². The van der Waals surface area contributed by atoms with E-state index >= 15 is 0 Å². The number of anilines is 1. The monoisotopic (exact) mass is 285 g/mol. The number of nitrogens with one attached hydrogen (secondary N) is 1. The van der Waals surface area contributed by atoms with Gasteiger partial charge in [0.25, 0.3) is 5.69 Å². The van der Waals surface area contributed by atoms with Crippen molar-refractivity contribution in [2.24, 2.45) is 5.10 Å². The molecule has 0 bridgehead atoms. The van der Waals surface area contributed by atoms with Crippen LogP contribution in [-0.4, -0.2) is 20.6 Å². The van der Waals surface area contributed by atoms with Crippen molar-refractivity contribution in [3.05, 3.63) is 58.5 Å². The van der Waals surface area contributed by atoms with Crippen molar-refractivity contribution in [1.82, 2.24) is 9.97 Å². The van der Waals surface area contributed by atoms with E-state index in [0.717, 1.165) is 17.7 Å². The largest absolute Gasteiger partial charge is 0.270 e. The van der Waals surface area contributed by atoms with Crippen LogP contribution < -0.4 is 5.43 Å². The third kappa shape index (κ3) is 4.07. The summed E-state index contributed by atoms with van der Waals surface area (Å²) in [5, 5.41) is 15.1. The zero-order chi connectivity index (χ0) is 15.1. The summed E-state index contributed by atoms with van der Waals surface area (Å²) in [6.45, 7) is 2.02. The predicted octanol–water partition coefficient (Wildman–Crippen LogP) is 3.00. The second-order valence-electron chi connectivity index (χ2n) is 4.32. The SMILES string of the molecule is CCC/C(=N\Nc1cnccn1)c1cccc([N+](=O)[O-])c1. The lowest BCUT2D eigenvalue weighted by atomic mass is 10.1. The standard InChI is InChI=1S/C14H15N5O2/c1-2-4-13(17-18-14-10-15-7-8-16-14)11-5-3-6-12(9-11)19(20)21/h3,5-10H,2,4H2,1H3,(H,16,18)/b17-13+. The number of rotatable bonds is 6. The summed E-state index contributed by atoms with van der Waals surface area (Å²) in [6.07, 6.45) is 6.27. The molecule has 7 heteroatoms. The Bertz CT molecular complexity index is 643. The lowest BCUT2D eigenvalue weighted by Gasteiger charge is -2.06. The van der Waals surface area contributed by atoms with Crippen LogP contribution in [0.4, 0.5) is 11.5 Å². The van der Waals surface area contributed by atoms with E-state index in [1.165, 1.54) is 12.1 Å². The number of benzene rings is 1. The smallest absolute Gasteiger partial charge is 0.260 e. The van der Waals surface area contributed by atoms with Crippen molar-refractivity contribution in [3.63, 3.8) is 0 Å². The van der Waals surface area contributed by atoms with E-state index < -0.39 is 4.92 Å². The van der Waals surface area contributed by atoms with E-state index in [-0.39, 0.29) is 5.69 Å². The van der Waals surface area contributed by atoms with Gasteiger partial charge in [-0.05, 0) is 6.42 Å². The summed E-state index contributed by atoms with van der Waals surface area (Å²) in [6, 6.07) is 6.44. The molecule has 0 atom stereocenters. The van der Waals surface area contributed by atoms with Crippen molar-refractivity contribution >= 4 is 17.2 Å². The molecule has 0 spiro atoms. The summed E-state index contributed by atoms with van der Waals surface area (Å²) in [4.78, 5) is 18.4. The molecule has 0 radical (unpaired) electrons. The molecule has 1 heterocycles. The minimum atomic E-state index is -0.414. The van der Waals surface area contributed by atoms with Gasteiger partial charge in [-0.1, -0.05) is 25.5 Å². The van der Waals surface area contributed by atoms with Crippen LogP contribution in [0.2, 0.25) is 0 Å². The Morgan fingerprint density at radius 2 is 2.29 bits per heavy atom. The van der Waals surface area contributed by atoms with E-state index in [1.54, 1.807) is 30.7 Å². The summed E-state index contributed by atoms with van der Waals surface area (Å²) >= 11 is 0. The zero-order valence-corrected chi connectivity index (χ0v) is 11.6. The van der Waals surface area contributed by atoms with E-state index in [1.807, 2.05) is 6.92 Å². The fraction of sp³-hybridized carbons (Fsp3) is 0.214. The van der Waals surface area contributed by atoms with Crippen LogP contribution in [-0.2, 0) is 0 Å². The van der Waals surface area contributed by atoms with Gasteiger partial charge in [0, 0.05) is 30.1 Å². The number of hydrazone groups is 1. The fourth-order valence-corrected chi connectivity index (χ4v) is 1.78. The number of aromatic nitrogens is 2. The maximum absolute atomic E-state index is 10.8. The number of hydrogen-bond donors (Lipinski definition) is 1. The molecule has 108 valence electrons. The number of non-ortho nitro benzene ring substituents is 1. The average molecular weight is 285 g/mol. The highest BCUT2D eigenvalue weighted by Gasteiger charge is 2.09. The Labute approximate surface area is 121 Å². The molecule has 0 aliphatic rings. The fourth-order valence-electron chi connectivity index (χ4n) is 1.78. The molecule has 1 N–H and O–H groups in total. The van der Waals surface area contributed by atoms with Crippen molar-refractivity contribution in [2.75, 3.05) is 5.43 Å². The van der Waals surface area contributed by atoms with E-state index in [9.17, 15) is 10.1 Å². The van der Waals surface area contributed by atoms with E-state index in [2.05, 4.69) is 20.5 Å². The van der Waals surface area contributed by atoms with Crippen LogP contribution in [0.15, 0.2) is 48.0 Å². The third-order valence-corrected chi connectivity index (χ3v) is 2.75. The Balaban J connectivity index is 2.25. The molecule has 0 unspecified atom stereocenters. The van der Waals surface area contributed by atoms with Crippen molar-refractivity contribution in [2.45, 2.75) is 19.8 Å². The van der Waals surface area contributed by atoms with Crippen LogP contribution in [0.5, 0.6) is 0 Å². The Hall–Kier alpha value is -2.83. The predicted molar refractivity (Wildman–Crippen MR) is 80.2 cm³/mol. The molecule has 0 aliphatic carbocycles. The molecular formula is C14H15N5O2. The Morgan fingerprint density at radius 3 is 2.95 bits per heavy atom. The number of nitro benzene ring substituents is 1. The second-order valence-corrected chi connectivity index (χ2v) is 4.32. The molecule has 2 rings (SSSR count). The lowest BCUT2D eigenvalue weighted by Crippen LogP contribution is -2.05. The molecule has 0 saturated heterocycles. The molecule has 2 aromatic rings. The molecular weight excluding hydrogens is 270 g/mol. The lowest BCUT2D eigenvalue weighted by molar-refractivity contribution is -0.384. The normalized spacial score (nSPS) is 11.2. The topological polar surface area (TPSA) is 93.3 Å². The van der Waals surface area contributed by atoms with Gasteiger partial charge in [0.1, 0.15) is 0 Å². The third-order valence-electron chi connectivity index (χ3n) is 2.75. The summed E-state index contributed by atoms with van der Waals surface area (Å²) < 4.78 is 0. The molecule has 1 aromatic carbocycles. The van der Waals surface area contributed by atoms with Gasteiger partial charge < -0.3 is 0 Å². The van der Waals surface area contributed by atoms with Crippen LogP contribution in [0.3, 0.4) is 0 Å². The Kier molecular flexibility index (Phi) is 4.92. The molecule has 0 aliphatic heterocycles. The summed E-state index contributed by atoms with van der Waals surface area (Å²) in [5.41, 5.74) is 4.34. The highest BCUT2D eigenvalue weighted by Crippen LogP contribution is 2.16. The minimum absolute atomic E-state index is 0.0517. The molecule has 21 heavy (non-hydrogen) atoms. The number of nitro groups is 1. The first kappa shape index (κ1) is 14.6. The van der Waals surface area contributed by atoms with Gasteiger partial charge in [-0.3, -0.25) is 20.5 Å². The highest BCUT2D eigenvalue weighted by molar-refractivity contribution is 6.01. The zero-order valence-electron chi connectivity index (χ0n) is 11.6. The summed E-state index contributed by atoms with van der Waals surface area (Å²) in [5.74, 6) is 0.525. The van der Waals surface area contributed by atoms with Crippen molar-refractivity contribution in [3.8, 4) is 0 Å². The molecule has 0 amide bonds. The van der Waals surface area contributed by atoms with Crippen molar-refractivity contribution in [1.29, 1.82) is 0 Å². The quantitative estimate of drug-likeness (QED) is 0.500. The number of nitrogens with zero attached hydrogens (tertiary/aromatic N) is 4. The van der Waals surface area contributed by atoms with Crippen LogP contribution >= 0.6 is 0 Å². The highest BCUT2D eigenvalue weighted by atomic mass is 16.6. The van der Waals surface area contributed by atoms with E-state index in [4.69, 9.17) is 0 Å². The average Bonchev–Trinajstić information content (AvgIpc) is 2.52. The van der Waals surface area contributed by atoms with Crippen LogP contribution in [0.1, 0.15) is 25.3 Å². The Morgan fingerprint density at radius 1 is 1.43 bits per heavy atom. The van der Waals surface area contributed by atoms with Gasteiger partial charge in [0.2, 0.25) is 0 Å². The minimum Gasteiger partial charge on any atom is -0.260 e. The first-order valence-electron chi connectivity index (χ1n) is 6.54. The van der Waals surface area contributed by atoms with Gasteiger partial charge in [0.05, 0.1) is 16.8 Å². The molecule has 0 fully saturated rings. The van der Waals surface area contributed by atoms with E-state index in [0.29, 0.717) is 12.2 Å². The van der Waals surface area contributed by atoms with Gasteiger partial charge in [-0.2, -0.15) is 5.10 Å². The first-order chi connectivity index (χ1) is 10.2. The van der Waals surface area contributed by atoms with Gasteiger partial charge >= 0.3 is 0 Å². The van der Waals surface area contributed by atoms with Crippen molar-refractivity contribution < 1.29 is 4.92 Å². The molecule has 1 aromatic heterocycles. The summed E-state index contributed by atoms with van der Waals surface area (Å²) in [7, 11) is 0. The van der Waals surface area contributed by atoms with Crippen LogP contribution in [0, 0.1) is 10.1 Å². The molecule has 7 nitrogen and oxygen atoms in total. The first-order valence-corrected chi connectivity index (χ1v) is 6.54. The maximum atomic E-state index is 10.8. The molecule has 0 saturated carbocycles.